The van der Waals surface area contributed by atoms with Crippen molar-refractivity contribution in [3.63, 3.8) is 0 Å². The fraction of sp³-hybridized carbons (Fsp3) is 0.435. The minimum absolute atomic E-state index is 0.923. The van der Waals surface area contributed by atoms with E-state index >= 15 is 0 Å². The van der Waals surface area contributed by atoms with Gasteiger partial charge in [0, 0.05) is 6.21 Å². The molecule has 0 aliphatic carbocycles. The van der Waals surface area contributed by atoms with Crippen LogP contribution in [0.1, 0.15) is 127 Å². The summed E-state index contributed by atoms with van der Waals surface area (Å²) in [5.41, 5.74) is 13.8. The largest absolute Gasteiger partial charge is 0.255 e. The van der Waals surface area contributed by atoms with Gasteiger partial charge in [-0.2, -0.15) is 0 Å². The molecule has 4 aromatic carbocycles. The molecule has 2 nitrogen and oxygen atoms in total. The van der Waals surface area contributed by atoms with Gasteiger partial charge in [0.25, 0.3) is 0 Å². The van der Waals surface area contributed by atoms with Crippen LogP contribution in [0.25, 0.3) is 22.3 Å². The van der Waals surface area contributed by atoms with Gasteiger partial charge < -0.3 is 0 Å². The topological polar surface area (TPSA) is 24.7 Å². The first kappa shape index (κ1) is 37.0. The van der Waals surface area contributed by atoms with Gasteiger partial charge in [-0.1, -0.05) is 139 Å². The van der Waals surface area contributed by atoms with E-state index in [1.807, 2.05) is 6.21 Å². The summed E-state index contributed by atoms with van der Waals surface area (Å²) in [6.07, 6.45) is 20.6. The van der Waals surface area contributed by atoms with Crippen molar-refractivity contribution in [1.29, 1.82) is 0 Å². The minimum atomic E-state index is 0.923. The van der Waals surface area contributed by atoms with Gasteiger partial charge in [0.05, 0.1) is 17.1 Å². The number of nitrogens with zero attached hydrogens (tertiary/aromatic N) is 2. The summed E-state index contributed by atoms with van der Waals surface area (Å²) in [4.78, 5) is 10.2. The Morgan fingerprint density at radius 2 is 1.04 bits per heavy atom. The van der Waals surface area contributed by atoms with Crippen molar-refractivity contribution in [1.82, 2.24) is 0 Å². The first-order valence-electron chi connectivity index (χ1n) is 19.0. The summed E-state index contributed by atoms with van der Waals surface area (Å²) in [6, 6.07) is 31.0. The lowest BCUT2D eigenvalue weighted by Crippen LogP contribution is -1.98. The van der Waals surface area contributed by atoms with Crippen molar-refractivity contribution in [2.75, 3.05) is 0 Å². The molecule has 0 unspecified atom stereocenters. The fourth-order valence-electron chi connectivity index (χ4n) is 6.76. The molecule has 0 aliphatic heterocycles. The van der Waals surface area contributed by atoms with Crippen LogP contribution in [0.3, 0.4) is 0 Å². The van der Waals surface area contributed by atoms with Gasteiger partial charge in [-0.3, -0.25) is 9.98 Å². The smallest absolute Gasteiger partial charge is 0.0642 e. The van der Waals surface area contributed by atoms with Crippen LogP contribution in [-0.2, 0) is 19.3 Å². The van der Waals surface area contributed by atoms with E-state index in [9.17, 15) is 0 Å². The molecule has 0 atom stereocenters. The van der Waals surface area contributed by atoms with Crippen LogP contribution < -0.4 is 0 Å². The maximum absolute atomic E-state index is 5.17. The van der Waals surface area contributed by atoms with Gasteiger partial charge in [-0.05, 0) is 121 Å². The average molecular weight is 641 g/mol. The standard InChI is InChI=1S/C46H60N2/c1-6-9-12-14-15-19-30-42-33-44(34-45(38-25-20-16-21-26-38)46(42)39-27-22-17-23-28-39)48-36(4)35-47-43-31-40(24-11-8-3)37(5)41(32-43)29-18-13-10-7-2/h16-17,20-23,25-28,31-35H,6-15,18-19,24,29-30H2,1-5H3. The predicted molar refractivity (Wildman–Crippen MR) is 213 cm³/mol. The van der Waals surface area contributed by atoms with E-state index in [1.54, 1.807) is 0 Å². The molecule has 0 amide bonds. The van der Waals surface area contributed by atoms with E-state index in [1.165, 1.54) is 122 Å². The number of hydrogen-bond acceptors (Lipinski definition) is 2. The van der Waals surface area contributed by atoms with E-state index in [2.05, 4.69) is 120 Å². The molecule has 0 radical (unpaired) electrons. The van der Waals surface area contributed by atoms with Gasteiger partial charge in [0.1, 0.15) is 0 Å². The van der Waals surface area contributed by atoms with E-state index in [0.717, 1.165) is 36.3 Å². The molecule has 0 aliphatic rings. The first-order valence-corrected chi connectivity index (χ1v) is 19.0. The van der Waals surface area contributed by atoms with E-state index in [4.69, 9.17) is 9.98 Å². The number of aliphatic imine (C=N–C) groups is 2. The van der Waals surface area contributed by atoms with Crippen molar-refractivity contribution in [2.45, 2.75) is 131 Å². The molecule has 2 heteroatoms. The highest BCUT2D eigenvalue weighted by molar-refractivity contribution is 6.30. The lowest BCUT2D eigenvalue weighted by atomic mass is 9.87. The zero-order valence-corrected chi connectivity index (χ0v) is 30.7. The maximum Gasteiger partial charge on any atom is 0.0642 e. The SMILES string of the molecule is CCCCCCCCc1cc(N=C(C)C=Nc2cc(CCCC)c(C)c(CCCCCC)c2)cc(-c2ccccc2)c1-c1ccccc1. The molecule has 0 bridgehead atoms. The van der Waals surface area contributed by atoms with Crippen molar-refractivity contribution < 1.29 is 0 Å². The maximum atomic E-state index is 5.17. The number of hydrogen-bond donors (Lipinski definition) is 0. The molecule has 0 aromatic heterocycles. The molecule has 0 saturated heterocycles. The second-order valence-corrected chi connectivity index (χ2v) is 13.6. The first-order chi connectivity index (χ1) is 23.5. The van der Waals surface area contributed by atoms with Crippen LogP contribution in [0, 0.1) is 6.92 Å². The van der Waals surface area contributed by atoms with E-state index in [-0.39, 0.29) is 0 Å². The second kappa shape index (κ2) is 20.6. The lowest BCUT2D eigenvalue weighted by Gasteiger charge is -2.18. The summed E-state index contributed by atoms with van der Waals surface area (Å²) >= 11 is 0. The highest BCUT2D eigenvalue weighted by atomic mass is 14.8. The Morgan fingerprint density at radius 3 is 1.67 bits per heavy atom. The Hall–Kier alpha value is -3.78. The lowest BCUT2D eigenvalue weighted by molar-refractivity contribution is 0.608. The zero-order chi connectivity index (χ0) is 34.0. The Balaban J connectivity index is 1.69. The van der Waals surface area contributed by atoms with Gasteiger partial charge in [-0.25, -0.2) is 0 Å². The Bertz CT molecular complexity index is 1580. The van der Waals surface area contributed by atoms with Gasteiger partial charge in [-0.15, -0.1) is 0 Å². The number of benzene rings is 4. The highest BCUT2D eigenvalue weighted by Crippen LogP contribution is 2.39. The van der Waals surface area contributed by atoms with Gasteiger partial charge >= 0.3 is 0 Å². The van der Waals surface area contributed by atoms with E-state index < -0.39 is 0 Å². The van der Waals surface area contributed by atoms with Crippen molar-refractivity contribution in [3.8, 4) is 22.3 Å². The van der Waals surface area contributed by atoms with Crippen LogP contribution in [0.5, 0.6) is 0 Å². The number of rotatable bonds is 20. The summed E-state index contributed by atoms with van der Waals surface area (Å²) < 4.78 is 0. The number of aryl methyl sites for hydroxylation is 3. The van der Waals surface area contributed by atoms with Crippen LogP contribution in [0.15, 0.2) is 94.9 Å². The molecule has 0 N–H and O–H groups in total. The molecule has 48 heavy (non-hydrogen) atoms. The van der Waals surface area contributed by atoms with Crippen molar-refractivity contribution >= 4 is 23.3 Å². The zero-order valence-electron chi connectivity index (χ0n) is 30.7. The monoisotopic (exact) mass is 640 g/mol. The molecule has 0 spiro atoms. The second-order valence-electron chi connectivity index (χ2n) is 13.6. The molecular weight excluding hydrogens is 581 g/mol. The molecule has 4 aromatic rings. The Morgan fingerprint density at radius 1 is 0.542 bits per heavy atom. The van der Waals surface area contributed by atoms with E-state index in [0.29, 0.717) is 0 Å². The normalized spacial score (nSPS) is 11.9. The molecular formula is C46H60N2. The summed E-state index contributed by atoms with van der Waals surface area (Å²) in [7, 11) is 0. The van der Waals surface area contributed by atoms with Gasteiger partial charge in [0.2, 0.25) is 0 Å². The Kier molecular flexibility index (Phi) is 15.9. The summed E-state index contributed by atoms with van der Waals surface area (Å²) in [6.45, 7) is 11.2. The van der Waals surface area contributed by atoms with Crippen molar-refractivity contribution in [3.05, 3.63) is 107 Å². The minimum Gasteiger partial charge on any atom is -0.255 e. The van der Waals surface area contributed by atoms with Crippen LogP contribution in [0.4, 0.5) is 11.4 Å². The Labute approximate surface area is 292 Å². The molecule has 4 rings (SSSR count). The third kappa shape index (κ3) is 11.4. The molecule has 0 saturated carbocycles. The molecule has 0 heterocycles. The summed E-state index contributed by atoms with van der Waals surface area (Å²) in [5.74, 6) is 0. The third-order valence-corrected chi connectivity index (χ3v) is 9.56. The average Bonchev–Trinajstić information content (AvgIpc) is 3.11. The fourth-order valence-corrected chi connectivity index (χ4v) is 6.76. The highest BCUT2D eigenvalue weighted by Gasteiger charge is 2.15. The van der Waals surface area contributed by atoms with Gasteiger partial charge in [0.15, 0.2) is 0 Å². The quantitative estimate of drug-likeness (QED) is 0.0678. The summed E-state index contributed by atoms with van der Waals surface area (Å²) in [5, 5.41) is 0. The number of unbranched alkanes of at least 4 members (excludes halogenated alkanes) is 9. The van der Waals surface area contributed by atoms with Crippen LogP contribution in [-0.4, -0.2) is 11.9 Å². The predicted octanol–water partition coefficient (Wildman–Crippen LogP) is 14.2. The molecule has 254 valence electrons. The van der Waals surface area contributed by atoms with Crippen molar-refractivity contribution in [2.24, 2.45) is 9.98 Å². The third-order valence-electron chi connectivity index (χ3n) is 9.56. The van der Waals surface area contributed by atoms with Crippen LogP contribution >= 0.6 is 0 Å². The molecule has 0 fully saturated rings. The van der Waals surface area contributed by atoms with Crippen LogP contribution in [0.2, 0.25) is 0 Å².